The molecule has 0 radical (unpaired) electrons. The van der Waals surface area contributed by atoms with Gasteiger partial charge in [-0.05, 0) is 32.8 Å². The van der Waals surface area contributed by atoms with Gasteiger partial charge < -0.3 is 14.6 Å². The van der Waals surface area contributed by atoms with Crippen LogP contribution in [-0.2, 0) is 19.6 Å². The van der Waals surface area contributed by atoms with Crippen molar-refractivity contribution in [3.05, 3.63) is 52.8 Å². The van der Waals surface area contributed by atoms with Crippen LogP contribution < -0.4 is 0 Å². The second kappa shape index (κ2) is 9.23. The Hall–Kier alpha value is -2.65. The van der Waals surface area contributed by atoms with Crippen molar-refractivity contribution in [2.24, 2.45) is 0 Å². The highest BCUT2D eigenvalue weighted by molar-refractivity contribution is 7.89. The molecule has 0 bridgehead atoms. The highest BCUT2D eigenvalue weighted by Gasteiger charge is 2.35. The van der Waals surface area contributed by atoms with E-state index in [1.807, 2.05) is 30.3 Å². The summed E-state index contributed by atoms with van der Waals surface area (Å²) in [7, 11) is -2.72. The van der Waals surface area contributed by atoms with Crippen molar-refractivity contribution in [1.82, 2.24) is 14.2 Å². The summed E-state index contributed by atoms with van der Waals surface area (Å²) in [6.45, 7) is 5.85. The standard InChI is InChI=1S/C22H29N3O5S/c1-5-30-22(27)20-15(2)23-16(3)21(20)31(28,29)24(4)14-19(26)25-12-11-18(13-25)17-9-7-6-8-10-17/h6-10,18,23H,5,11-14H2,1-4H3/t18-/m0/s1. The Kier molecular flexibility index (Phi) is 6.86. The zero-order valence-electron chi connectivity index (χ0n) is 18.3. The topological polar surface area (TPSA) is 99.8 Å². The maximum Gasteiger partial charge on any atom is 0.341 e. The van der Waals surface area contributed by atoms with Gasteiger partial charge in [0.25, 0.3) is 0 Å². The molecule has 1 aromatic carbocycles. The van der Waals surface area contributed by atoms with Crippen LogP contribution in [0.2, 0.25) is 0 Å². The van der Waals surface area contributed by atoms with Crippen LogP contribution in [0.5, 0.6) is 0 Å². The van der Waals surface area contributed by atoms with Gasteiger partial charge in [-0.15, -0.1) is 0 Å². The third kappa shape index (κ3) is 4.67. The molecule has 3 rings (SSSR count). The number of likely N-dealkylation sites (N-methyl/N-ethyl adjacent to an activating group) is 1. The van der Waals surface area contributed by atoms with E-state index in [1.165, 1.54) is 12.6 Å². The lowest BCUT2D eigenvalue weighted by Crippen LogP contribution is -2.40. The number of H-pyrrole nitrogens is 1. The molecule has 1 atom stereocenters. The van der Waals surface area contributed by atoms with Crippen molar-refractivity contribution in [2.45, 2.75) is 38.0 Å². The number of amides is 1. The fourth-order valence-corrected chi connectivity index (χ4v) is 5.57. The third-order valence-electron chi connectivity index (χ3n) is 5.64. The molecular weight excluding hydrogens is 418 g/mol. The summed E-state index contributed by atoms with van der Waals surface area (Å²) in [6, 6.07) is 9.99. The quantitative estimate of drug-likeness (QED) is 0.657. The van der Waals surface area contributed by atoms with E-state index in [-0.39, 0.29) is 35.4 Å². The number of aryl methyl sites for hydroxylation is 2. The van der Waals surface area contributed by atoms with Crippen LogP contribution in [0.3, 0.4) is 0 Å². The lowest BCUT2D eigenvalue weighted by Gasteiger charge is -2.22. The summed E-state index contributed by atoms with van der Waals surface area (Å²) in [5.41, 5.74) is 1.92. The molecule has 31 heavy (non-hydrogen) atoms. The van der Waals surface area contributed by atoms with Crippen molar-refractivity contribution >= 4 is 21.9 Å². The van der Waals surface area contributed by atoms with Gasteiger partial charge in [0.15, 0.2) is 0 Å². The molecule has 0 aliphatic carbocycles. The monoisotopic (exact) mass is 447 g/mol. The van der Waals surface area contributed by atoms with E-state index < -0.39 is 16.0 Å². The number of hydrogen-bond acceptors (Lipinski definition) is 5. The molecule has 2 aromatic rings. The second-order valence-electron chi connectivity index (χ2n) is 7.80. The van der Waals surface area contributed by atoms with Crippen molar-refractivity contribution in [1.29, 1.82) is 0 Å². The Balaban J connectivity index is 1.75. The number of carbonyl (C=O) groups excluding carboxylic acids is 2. The molecule has 0 unspecified atom stereocenters. The number of likely N-dealkylation sites (tertiary alicyclic amines) is 1. The van der Waals surface area contributed by atoms with Crippen LogP contribution in [0.25, 0.3) is 0 Å². The smallest absolute Gasteiger partial charge is 0.341 e. The molecule has 0 spiro atoms. The fourth-order valence-electron chi connectivity index (χ4n) is 4.05. The van der Waals surface area contributed by atoms with Gasteiger partial charge in [0.05, 0.1) is 13.2 Å². The van der Waals surface area contributed by atoms with Gasteiger partial charge in [0.1, 0.15) is 10.5 Å². The van der Waals surface area contributed by atoms with E-state index in [1.54, 1.807) is 25.7 Å². The molecule has 1 aliphatic heterocycles. The molecule has 1 aromatic heterocycles. The molecule has 0 saturated carbocycles. The van der Waals surface area contributed by atoms with Crippen LogP contribution in [0.4, 0.5) is 0 Å². The first kappa shape index (κ1) is 23.0. The number of esters is 1. The van der Waals surface area contributed by atoms with Gasteiger partial charge in [-0.1, -0.05) is 30.3 Å². The average molecular weight is 448 g/mol. The number of carbonyl (C=O) groups is 2. The highest BCUT2D eigenvalue weighted by Crippen LogP contribution is 2.29. The largest absolute Gasteiger partial charge is 0.462 e. The van der Waals surface area contributed by atoms with Crippen LogP contribution in [-0.4, -0.2) is 67.8 Å². The molecule has 8 nitrogen and oxygen atoms in total. The number of ether oxygens (including phenoxy) is 1. The minimum absolute atomic E-state index is 0.0102. The summed E-state index contributed by atoms with van der Waals surface area (Å²) < 4.78 is 32.6. The van der Waals surface area contributed by atoms with Crippen molar-refractivity contribution in [3.63, 3.8) is 0 Å². The van der Waals surface area contributed by atoms with Crippen LogP contribution in [0.1, 0.15) is 46.6 Å². The van der Waals surface area contributed by atoms with Gasteiger partial charge in [0, 0.05) is 37.4 Å². The minimum Gasteiger partial charge on any atom is -0.462 e. The molecule has 1 fully saturated rings. The minimum atomic E-state index is -4.08. The van der Waals surface area contributed by atoms with E-state index in [0.29, 0.717) is 24.5 Å². The Morgan fingerprint density at radius 1 is 1.19 bits per heavy atom. The number of sulfonamides is 1. The lowest BCUT2D eigenvalue weighted by molar-refractivity contribution is -0.130. The van der Waals surface area contributed by atoms with Crippen molar-refractivity contribution < 1.29 is 22.7 Å². The van der Waals surface area contributed by atoms with Crippen LogP contribution in [0.15, 0.2) is 35.2 Å². The predicted molar refractivity (Wildman–Crippen MR) is 116 cm³/mol. The SMILES string of the molecule is CCOC(=O)c1c(C)[nH]c(C)c1S(=O)(=O)N(C)CC(=O)N1CC[C@H](c2ccccc2)C1. The first-order chi connectivity index (χ1) is 14.7. The number of rotatable bonds is 7. The fraction of sp³-hybridized carbons (Fsp3) is 0.455. The summed E-state index contributed by atoms with van der Waals surface area (Å²) in [5.74, 6) is -0.711. The number of benzene rings is 1. The van der Waals surface area contributed by atoms with E-state index in [2.05, 4.69) is 4.98 Å². The zero-order chi connectivity index (χ0) is 22.8. The Labute approximate surface area is 183 Å². The molecule has 1 saturated heterocycles. The highest BCUT2D eigenvalue weighted by atomic mass is 32.2. The Bertz CT molecular complexity index is 1060. The van der Waals surface area contributed by atoms with E-state index in [9.17, 15) is 18.0 Å². The van der Waals surface area contributed by atoms with Gasteiger partial charge in [-0.25, -0.2) is 13.2 Å². The molecule has 9 heteroatoms. The normalized spacial score (nSPS) is 16.7. The molecule has 168 valence electrons. The summed E-state index contributed by atoms with van der Waals surface area (Å²) in [4.78, 5) is 29.7. The van der Waals surface area contributed by atoms with Crippen molar-refractivity contribution in [2.75, 3.05) is 33.3 Å². The number of aromatic amines is 1. The van der Waals surface area contributed by atoms with Gasteiger partial charge in [-0.3, -0.25) is 4.79 Å². The van der Waals surface area contributed by atoms with Crippen LogP contribution >= 0.6 is 0 Å². The molecule has 2 heterocycles. The Morgan fingerprint density at radius 2 is 1.87 bits per heavy atom. The lowest BCUT2D eigenvalue weighted by atomic mass is 9.99. The van der Waals surface area contributed by atoms with Gasteiger partial charge >= 0.3 is 5.97 Å². The van der Waals surface area contributed by atoms with Gasteiger partial charge in [0.2, 0.25) is 15.9 Å². The Morgan fingerprint density at radius 3 is 2.52 bits per heavy atom. The predicted octanol–water partition coefficient (Wildman–Crippen LogP) is 2.44. The molecule has 1 aliphatic rings. The number of hydrogen-bond donors (Lipinski definition) is 1. The number of aromatic nitrogens is 1. The zero-order valence-corrected chi connectivity index (χ0v) is 19.2. The first-order valence-electron chi connectivity index (χ1n) is 10.3. The number of nitrogens with zero attached hydrogens (tertiary/aromatic N) is 2. The van der Waals surface area contributed by atoms with Crippen LogP contribution in [0, 0.1) is 13.8 Å². The third-order valence-corrected chi connectivity index (χ3v) is 7.61. The number of nitrogens with one attached hydrogen (secondary N) is 1. The first-order valence-corrected chi connectivity index (χ1v) is 11.8. The summed E-state index contributed by atoms with van der Waals surface area (Å²) >= 11 is 0. The summed E-state index contributed by atoms with van der Waals surface area (Å²) in [6.07, 6.45) is 0.843. The van der Waals surface area contributed by atoms with Crippen molar-refractivity contribution in [3.8, 4) is 0 Å². The molecular formula is C22H29N3O5S. The maximum atomic E-state index is 13.3. The second-order valence-corrected chi connectivity index (χ2v) is 9.78. The molecule has 1 amide bonds. The summed E-state index contributed by atoms with van der Waals surface area (Å²) in [5, 5.41) is 0. The van der Waals surface area contributed by atoms with Gasteiger partial charge in [-0.2, -0.15) is 4.31 Å². The van der Waals surface area contributed by atoms with E-state index >= 15 is 0 Å². The van der Waals surface area contributed by atoms with E-state index in [4.69, 9.17) is 4.74 Å². The average Bonchev–Trinajstić information content (AvgIpc) is 3.33. The molecule has 1 N–H and O–H groups in total. The maximum absolute atomic E-state index is 13.3. The van der Waals surface area contributed by atoms with E-state index in [0.717, 1.165) is 10.7 Å².